The molecule has 3 rings (SSSR count). The predicted octanol–water partition coefficient (Wildman–Crippen LogP) is 3.59. The van der Waals surface area contributed by atoms with Crippen LogP contribution in [0.5, 0.6) is 5.75 Å². The Kier molecular flexibility index (Phi) is 4.98. The Hall–Kier alpha value is -3.89. The Balaban J connectivity index is 1.83. The molecular weight excluding hydrogens is 383 g/mol. The number of aromatic carboxylic acids is 1. The van der Waals surface area contributed by atoms with Crippen molar-refractivity contribution >= 4 is 17.8 Å². The van der Waals surface area contributed by atoms with E-state index < -0.39 is 35.4 Å². The first-order valence-corrected chi connectivity index (χ1v) is 7.56. The summed E-state index contributed by atoms with van der Waals surface area (Å²) in [6.07, 6.45) is -3.43. The number of rotatable bonds is 5. The summed E-state index contributed by atoms with van der Waals surface area (Å²) in [5.74, 6) is -3.17. The van der Waals surface area contributed by atoms with Crippen molar-refractivity contribution in [3.8, 4) is 17.1 Å². The van der Waals surface area contributed by atoms with E-state index in [-0.39, 0.29) is 17.0 Å². The minimum atomic E-state index is -4.86. The van der Waals surface area contributed by atoms with Crippen LogP contribution in [0.25, 0.3) is 11.4 Å². The Bertz CT molecular complexity index is 1000. The van der Waals surface area contributed by atoms with E-state index >= 15 is 0 Å². The second-order valence-corrected chi connectivity index (χ2v) is 5.28. The zero-order valence-corrected chi connectivity index (χ0v) is 13.7. The number of hydrogen-bond acceptors (Lipinski definition) is 6. The van der Waals surface area contributed by atoms with E-state index in [9.17, 15) is 27.9 Å². The van der Waals surface area contributed by atoms with Crippen molar-refractivity contribution in [1.82, 2.24) is 10.1 Å². The van der Waals surface area contributed by atoms with Crippen LogP contribution in [0.3, 0.4) is 0 Å². The lowest BCUT2D eigenvalue weighted by Gasteiger charge is -2.09. The molecule has 0 aliphatic carbocycles. The fourth-order valence-corrected chi connectivity index (χ4v) is 2.23. The summed E-state index contributed by atoms with van der Waals surface area (Å²) >= 11 is 0. The highest BCUT2D eigenvalue weighted by molar-refractivity contribution is 6.08. The van der Waals surface area contributed by atoms with Gasteiger partial charge in [-0.05, 0) is 36.4 Å². The smallest absolute Gasteiger partial charge is 0.477 e. The van der Waals surface area contributed by atoms with Crippen molar-refractivity contribution in [1.29, 1.82) is 0 Å². The molecule has 8 nitrogen and oxygen atoms in total. The quantitative estimate of drug-likeness (QED) is 0.681. The number of hydrogen-bond donors (Lipinski definition) is 2. The summed E-state index contributed by atoms with van der Waals surface area (Å²) < 4.78 is 45.1. The van der Waals surface area contributed by atoms with Crippen LogP contribution in [0.2, 0.25) is 0 Å². The highest BCUT2D eigenvalue weighted by atomic mass is 19.4. The van der Waals surface area contributed by atoms with E-state index in [0.717, 1.165) is 24.3 Å². The molecule has 0 saturated heterocycles. The van der Waals surface area contributed by atoms with Crippen LogP contribution in [-0.2, 0) is 0 Å². The molecule has 3 aromatic rings. The minimum Gasteiger partial charge on any atom is -0.477 e. The third-order valence-electron chi connectivity index (χ3n) is 3.39. The molecule has 1 amide bonds. The topological polar surface area (TPSA) is 115 Å². The van der Waals surface area contributed by atoms with Gasteiger partial charge < -0.3 is 14.4 Å². The number of carbonyl (C=O) groups is 2. The number of ether oxygens (including phenoxy) is 1. The molecule has 0 spiro atoms. The van der Waals surface area contributed by atoms with Gasteiger partial charge >= 0.3 is 12.3 Å². The molecule has 0 bridgehead atoms. The molecule has 0 aliphatic heterocycles. The molecule has 11 heteroatoms. The minimum absolute atomic E-state index is 0.0540. The summed E-state index contributed by atoms with van der Waals surface area (Å²) in [5, 5.41) is 15.3. The fraction of sp³-hybridized carbons (Fsp3) is 0.0588. The van der Waals surface area contributed by atoms with Gasteiger partial charge in [-0.2, -0.15) is 0 Å². The number of carboxylic acids is 1. The largest absolute Gasteiger partial charge is 0.573 e. The maximum absolute atomic E-state index is 12.3. The van der Waals surface area contributed by atoms with Crippen molar-refractivity contribution in [2.45, 2.75) is 6.36 Å². The van der Waals surface area contributed by atoms with Gasteiger partial charge in [0.2, 0.25) is 5.88 Å². The maximum atomic E-state index is 12.3. The molecule has 1 aromatic carbocycles. The summed E-state index contributed by atoms with van der Waals surface area (Å²) in [5.41, 5.74) is -0.333. The molecule has 28 heavy (non-hydrogen) atoms. The highest BCUT2D eigenvalue weighted by Crippen LogP contribution is 2.28. The van der Waals surface area contributed by atoms with Crippen LogP contribution in [0.1, 0.15) is 20.7 Å². The second kappa shape index (κ2) is 7.39. The normalized spacial score (nSPS) is 11.1. The first-order chi connectivity index (χ1) is 13.2. The van der Waals surface area contributed by atoms with E-state index in [4.69, 9.17) is 4.52 Å². The molecule has 0 atom stereocenters. The number of amides is 1. The molecule has 2 heterocycles. The van der Waals surface area contributed by atoms with Crippen LogP contribution >= 0.6 is 0 Å². The average Bonchev–Trinajstić information content (AvgIpc) is 3.05. The molecule has 2 aromatic heterocycles. The Morgan fingerprint density at radius 2 is 1.82 bits per heavy atom. The molecular formula is C17H10F3N3O5. The van der Waals surface area contributed by atoms with Gasteiger partial charge in [0.15, 0.2) is 5.56 Å². The number of anilines is 1. The number of aromatic nitrogens is 2. The zero-order valence-electron chi connectivity index (χ0n) is 13.7. The van der Waals surface area contributed by atoms with Crippen molar-refractivity contribution in [3.63, 3.8) is 0 Å². The lowest BCUT2D eigenvalue weighted by atomic mass is 10.1. The molecule has 0 fully saturated rings. The Morgan fingerprint density at radius 3 is 2.39 bits per heavy atom. The van der Waals surface area contributed by atoms with E-state index in [1.54, 1.807) is 12.1 Å². The number of halogens is 3. The molecule has 0 unspecified atom stereocenters. The average molecular weight is 393 g/mol. The monoisotopic (exact) mass is 393 g/mol. The van der Waals surface area contributed by atoms with Crippen molar-refractivity contribution in [2.75, 3.05) is 5.32 Å². The third-order valence-corrected chi connectivity index (χ3v) is 3.39. The van der Waals surface area contributed by atoms with Gasteiger partial charge in [0.25, 0.3) is 5.91 Å². The highest BCUT2D eigenvalue weighted by Gasteiger charge is 2.31. The van der Waals surface area contributed by atoms with Crippen molar-refractivity contribution < 1.29 is 37.1 Å². The summed E-state index contributed by atoms with van der Waals surface area (Å²) in [6, 6.07) is 8.79. The van der Waals surface area contributed by atoms with Gasteiger partial charge in [-0.3, -0.25) is 15.1 Å². The van der Waals surface area contributed by atoms with Crippen LogP contribution in [0.15, 0.2) is 53.2 Å². The number of benzene rings is 1. The van der Waals surface area contributed by atoms with Crippen LogP contribution < -0.4 is 10.1 Å². The second-order valence-electron chi connectivity index (χ2n) is 5.28. The van der Waals surface area contributed by atoms with Crippen LogP contribution in [0, 0.1) is 0 Å². The number of carbonyl (C=O) groups excluding carboxylic acids is 1. The number of nitrogens with zero attached hydrogens (tertiary/aromatic N) is 2. The van der Waals surface area contributed by atoms with Gasteiger partial charge in [0.1, 0.15) is 11.4 Å². The Morgan fingerprint density at radius 1 is 1.11 bits per heavy atom. The fourth-order valence-electron chi connectivity index (χ4n) is 2.23. The number of carboxylic acid groups (broad SMARTS) is 1. The molecule has 0 radical (unpaired) electrons. The zero-order chi connectivity index (χ0) is 20.3. The summed E-state index contributed by atoms with van der Waals surface area (Å²) in [4.78, 5) is 27.8. The van der Waals surface area contributed by atoms with E-state index in [1.807, 2.05) is 0 Å². The van der Waals surface area contributed by atoms with Gasteiger partial charge in [0, 0.05) is 11.8 Å². The maximum Gasteiger partial charge on any atom is 0.573 e. The van der Waals surface area contributed by atoms with E-state index in [0.29, 0.717) is 0 Å². The SMILES string of the molecule is O=C(Nc1onc(-c2ccccn2)c1C(=O)O)c1ccc(OC(F)(F)F)cc1. The van der Waals surface area contributed by atoms with Crippen LogP contribution in [-0.4, -0.2) is 33.5 Å². The van der Waals surface area contributed by atoms with Gasteiger partial charge in [-0.1, -0.05) is 11.2 Å². The number of nitrogens with one attached hydrogen (secondary N) is 1. The molecule has 2 N–H and O–H groups in total. The molecule has 0 aliphatic rings. The first kappa shape index (κ1) is 18.9. The summed E-state index contributed by atoms with van der Waals surface area (Å²) in [7, 11) is 0. The first-order valence-electron chi connectivity index (χ1n) is 7.56. The van der Waals surface area contributed by atoms with E-state index in [1.165, 1.54) is 12.3 Å². The third kappa shape index (κ3) is 4.26. The number of pyridine rings is 1. The Labute approximate surface area is 154 Å². The van der Waals surface area contributed by atoms with Crippen molar-refractivity contribution in [3.05, 3.63) is 59.8 Å². The standard InChI is InChI=1S/C17H10F3N3O5/c18-17(19,20)27-10-6-4-9(5-7-10)14(24)22-15-12(16(25)26)13(23-28-15)11-3-1-2-8-21-11/h1-8H,(H,22,24)(H,25,26). The lowest BCUT2D eigenvalue weighted by Crippen LogP contribution is -2.17. The number of alkyl halides is 3. The van der Waals surface area contributed by atoms with Crippen LogP contribution in [0.4, 0.5) is 19.1 Å². The lowest BCUT2D eigenvalue weighted by molar-refractivity contribution is -0.274. The van der Waals surface area contributed by atoms with Gasteiger partial charge in [-0.15, -0.1) is 13.2 Å². The predicted molar refractivity (Wildman–Crippen MR) is 87.8 cm³/mol. The van der Waals surface area contributed by atoms with Gasteiger partial charge in [0.05, 0.1) is 5.69 Å². The molecule has 144 valence electrons. The van der Waals surface area contributed by atoms with Gasteiger partial charge in [-0.25, -0.2) is 4.79 Å². The molecule has 0 saturated carbocycles. The van der Waals surface area contributed by atoms with Crippen molar-refractivity contribution in [2.24, 2.45) is 0 Å². The summed E-state index contributed by atoms with van der Waals surface area (Å²) in [6.45, 7) is 0. The van der Waals surface area contributed by atoms with E-state index in [2.05, 4.69) is 20.2 Å².